The fourth-order valence-electron chi connectivity index (χ4n) is 3.57. The van der Waals surface area contributed by atoms with Crippen LogP contribution in [0.1, 0.15) is 43.0 Å². The molecule has 1 aromatic carbocycles. The van der Waals surface area contributed by atoms with Gasteiger partial charge < -0.3 is 15.0 Å². The van der Waals surface area contributed by atoms with Crippen molar-refractivity contribution in [1.82, 2.24) is 14.8 Å². The second-order valence-electron chi connectivity index (χ2n) is 6.42. The fraction of sp³-hybridized carbons (Fsp3) is 0.500. The van der Waals surface area contributed by atoms with Gasteiger partial charge in [-0.2, -0.15) is 0 Å². The van der Waals surface area contributed by atoms with Crippen LogP contribution in [-0.4, -0.2) is 34.1 Å². The molecular weight excluding hydrogens is 290 g/mol. The minimum absolute atomic E-state index is 0.630. The maximum atomic E-state index is 11.7. The van der Waals surface area contributed by atoms with Crippen molar-refractivity contribution in [2.45, 2.75) is 45.9 Å². The number of likely N-dealkylation sites (N-methyl/N-ethyl adjacent to an activating group) is 1. The van der Waals surface area contributed by atoms with Crippen LogP contribution < -0.4 is 5.32 Å². The number of rotatable bonds is 6. The van der Waals surface area contributed by atoms with Crippen LogP contribution in [0.25, 0.3) is 10.9 Å². The van der Waals surface area contributed by atoms with E-state index >= 15 is 0 Å². The highest BCUT2D eigenvalue weighted by Crippen LogP contribution is 2.33. The van der Waals surface area contributed by atoms with Gasteiger partial charge in [0, 0.05) is 42.3 Å². The van der Waals surface area contributed by atoms with E-state index in [1.54, 1.807) is 0 Å². The SMILES string of the molecule is CCCn1cc(C(NCC)C(=O)O)c2cc3c(cc21)CN(C)C3. The first kappa shape index (κ1) is 16.0. The van der Waals surface area contributed by atoms with E-state index in [9.17, 15) is 9.90 Å². The van der Waals surface area contributed by atoms with Crippen molar-refractivity contribution < 1.29 is 9.90 Å². The Hall–Kier alpha value is -1.85. The lowest BCUT2D eigenvalue weighted by Crippen LogP contribution is -2.28. The molecule has 1 atom stereocenters. The Labute approximate surface area is 136 Å². The Balaban J connectivity index is 2.17. The van der Waals surface area contributed by atoms with E-state index in [2.05, 4.69) is 40.9 Å². The lowest BCUT2D eigenvalue weighted by molar-refractivity contribution is -0.139. The molecule has 1 aliphatic heterocycles. The maximum Gasteiger partial charge on any atom is 0.325 e. The van der Waals surface area contributed by atoms with Gasteiger partial charge in [0.2, 0.25) is 0 Å². The van der Waals surface area contributed by atoms with E-state index in [0.29, 0.717) is 6.54 Å². The van der Waals surface area contributed by atoms with E-state index in [0.717, 1.165) is 42.5 Å². The Morgan fingerprint density at radius 3 is 2.61 bits per heavy atom. The Kier molecular flexibility index (Phi) is 4.41. The standard InChI is InChI=1S/C18H25N3O2/c1-4-6-21-11-15(17(18(22)23)19-5-2)14-7-12-9-20(3)10-13(12)8-16(14)21/h7-8,11,17,19H,4-6,9-10H2,1-3H3,(H,22,23). The van der Waals surface area contributed by atoms with Crippen LogP contribution in [0.5, 0.6) is 0 Å². The highest BCUT2D eigenvalue weighted by Gasteiger charge is 2.25. The van der Waals surface area contributed by atoms with Crippen LogP contribution in [-0.2, 0) is 24.4 Å². The van der Waals surface area contributed by atoms with Crippen molar-refractivity contribution in [3.05, 3.63) is 35.0 Å². The van der Waals surface area contributed by atoms with Crippen LogP contribution >= 0.6 is 0 Å². The average Bonchev–Trinajstić information content (AvgIpc) is 3.02. The van der Waals surface area contributed by atoms with Crippen molar-refractivity contribution in [1.29, 1.82) is 0 Å². The van der Waals surface area contributed by atoms with Gasteiger partial charge in [-0.05, 0) is 43.3 Å². The Morgan fingerprint density at radius 2 is 2.00 bits per heavy atom. The van der Waals surface area contributed by atoms with E-state index in [4.69, 9.17) is 0 Å². The first-order valence-corrected chi connectivity index (χ1v) is 8.34. The third kappa shape index (κ3) is 2.86. The largest absolute Gasteiger partial charge is 0.480 e. The Bertz CT molecular complexity index is 735. The number of benzene rings is 1. The topological polar surface area (TPSA) is 57.5 Å². The van der Waals surface area contributed by atoms with Gasteiger partial charge >= 0.3 is 5.97 Å². The quantitative estimate of drug-likeness (QED) is 0.860. The first-order valence-electron chi connectivity index (χ1n) is 8.34. The van der Waals surface area contributed by atoms with Gasteiger partial charge in [-0.1, -0.05) is 13.8 Å². The summed E-state index contributed by atoms with van der Waals surface area (Å²) in [6.07, 6.45) is 3.05. The minimum atomic E-state index is -0.819. The smallest absolute Gasteiger partial charge is 0.325 e. The molecule has 0 spiro atoms. The number of hydrogen-bond donors (Lipinski definition) is 2. The molecule has 23 heavy (non-hydrogen) atoms. The summed E-state index contributed by atoms with van der Waals surface area (Å²) in [5.74, 6) is -0.819. The van der Waals surface area contributed by atoms with Crippen molar-refractivity contribution in [2.24, 2.45) is 0 Å². The number of nitrogens with one attached hydrogen (secondary N) is 1. The van der Waals surface area contributed by atoms with Crippen LogP contribution in [0.15, 0.2) is 18.3 Å². The van der Waals surface area contributed by atoms with Crippen LogP contribution in [0.4, 0.5) is 0 Å². The summed E-state index contributed by atoms with van der Waals surface area (Å²) in [7, 11) is 2.12. The molecule has 1 aromatic heterocycles. The number of carboxylic acid groups (broad SMARTS) is 1. The number of hydrogen-bond acceptors (Lipinski definition) is 3. The summed E-state index contributed by atoms with van der Waals surface area (Å²) >= 11 is 0. The van der Waals surface area contributed by atoms with E-state index in [-0.39, 0.29) is 0 Å². The first-order chi connectivity index (χ1) is 11.0. The third-order valence-corrected chi connectivity index (χ3v) is 4.54. The maximum absolute atomic E-state index is 11.7. The number of carbonyl (C=O) groups is 1. The van der Waals surface area contributed by atoms with Gasteiger partial charge in [0.15, 0.2) is 0 Å². The van der Waals surface area contributed by atoms with Crippen molar-refractivity contribution >= 4 is 16.9 Å². The van der Waals surface area contributed by atoms with E-state index in [1.165, 1.54) is 11.1 Å². The monoisotopic (exact) mass is 315 g/mol. The molecule has 0 saturated carbocycles. The lowest BCUT2D eigenvalue weighted by atomic mass is 10.0. The summed E-state index contributed by atoms with van der Waals surface area (Å²) in [6, 6.07) is 3.79. The number of nitrogens with zero attached hydrogens (tertiary/aromatic N) is 2. The lowest BCUT2D eigenvalue weighted by Gasteiger charge is -2.12. The molecular formula is C18H25N3O2. The molecule has 5 nitrogen and oxygen atoms in total. The summed E-state index contributed by atoms with van der Waals surface area (Å²) < 4.78 is 2.20. The molecule has 2 aromatic rings. The number of aryl methyl sites for hydroxylation is 1. The number of aliphatic carboxylic acids is 1. The van der Waals surface area contributed by atoms with Crippen molar-refractivity contribution in [2.75, 3.05) is 13.6 Å². The zero-order valence-electron chi connectivity index (χ0n) is 14.1. The summed E-state index contributed by atoms with van der Waals surface area (Å²) in [5.41, 5.74) is 4.70. The zero-order valence-corrected chi connectivity index (χ0v) is 14.1. The highest BCUT2D eigenvalue weighted by atomic mass is 16.4. The van der Waals surface area contributed by atoms with Gasteiger partial charge in [0.05, 0.1) is 0 Å². The molecule has 2 heterocycles. The molecule has 5 heteroatoms. The molecule has 0 saturated heterocycles. The van der Waals surface area contributed by atoms with Crippen LogP contribution in [0.2, 0.25) is 0 Å². The van der Waals surface area contributed by atoms with Crippen LogP contribution in [0, 0.1) is 0 Å². The van der Waals surface area contributed by atoms with Crippen molar-refractivity contribution in [3.63, 3.8) is 0 Å². The van der Waals surface area contributed by atoms with Crippen molar-refractivity contribution in [3.8, 4) is 0 Å². The minimum Gasteiger partial charge on any atom is -0.480 e. The van der Waals surface area contributed by atoms with Crippen LogP contribution in [0.3, 0.4) is 0 Å². The van der Waals surface area contributed by atoms with Gasteiger partial charge in [0.25, 0.3) is 0 Å². The molecule has 0 bridgehead atoms. The molecule has 0 radical (unpaired) electrons. The molecule has 2 N–H and O–H groups in total. The molecule has 1 unspecified atom stereocenters. The molecule has 124 valence electrons. The molecule has 1 aliphatic rings. The summed E-state index contributed by atoms with van der Waals surface area (Å²) in [6.45, 7) is 7.52. The molecule has 3 rings (SSSR count). The molecule has 0 fully saturated rings. The second kappa shape index (κ2) is 6.34. The predicted molar refractivity (Wildman–Crippen MR) is 91.5 cm³/mol. The fourth-order valence-corrected chi connectivity index (χ4v) is 3.57. The van der Waals surface area contributed by atoms with E-state index < -0.39 is 12.0 Å². The average molecular weight is 315 g/mol. The predicted octanol–water partition coefficient (Wildman–Crippen LogP) is 2.73. The van der Waals surface area contributed by atoms with Gasteiger partial charge in [-0.15, -0.1) is 0 Å². The zero-order chi connectivity index (χ0) is 16.6. The molecule has 0 aliphatic carbocycles. The summed E-state index contributed by atoms with van der Waals surface area (Å²) in [4.78, 5) is 14.0. The van der Waals surface area contributed by atoms with Gasteiger partial charge in [-0.25, -0.2) is 0 Å². The highest BCUT2D eigenvalue weighted by molar-refractivity contribution is 5.91. The summed E-state index contributed by atoms with van der Waals surface area (Å²) in [5, 5.41) is 13.8. The second-order valence-corrected chi connectivity index (χ2v) is 6.42. The Morgan fingerprint density at radius 1 is 1.30 bits per heavy atom. The number of fused-ring (bicyclic) bond motifs is 2. The number of aromatic nitrogens is 1. The van der Waals surface area contributed by atoms with Gasteiger partial charge in [0.1, 0.15) is 6.04 Å². The van der Waals surface area contributed by atoms with Gasteiger partial charge in [-0.3, -0.25) is 9.69 Å². The van der Waals surface area contributed by atoms with E-state index in [1.807, 2.05) is 13.1 Å². The molecule has 0 amide bonds. The number of carboxylic acids is 1. The third-order valence-electron chi connectivity index (χ3n) is 4.54. The normalized spacial score (nSPS) is 16.0.